The van der Waals surface area contributed by atoms with Crippen LogP contribution < -0.4 is 0 Å². The van der Waals surface area contributed by atoms with Crippen LogP contribution in [0.4, 0.5) is 0 Å². The highest BCUT2D eigenvalue weighted by molar-refractivity contribution is 5.96. The number of rotatable bonds is 2. The summed E-state index contributed by atoms with van der Waals surface area (Å²) in [5, 5.41) is 19.6. The number of fused-ring (bicyclic) bond motifs is 2. The van der Waals surface area contributed by atoms with E-state index in [1.54, 1.807) is 4.90 Å². The lowest BCUT2D eigenvalue weighted by Crippen LogP contribution is -2.41. The van der Waals surface area contributed by atoms with E-state index in [9.17, 15) is 9.90 Å². The van der Waals surface area contributed by atoms with E-state index in [1.165, 1.54) is 12.3 Å². The minimum atomic E-state index is -0.973. The quantitative estimate of drug-likeness (QED) is 0.762. The zero-order chi connectivity index (χ0) is 16.7. The van der Waals surface area contributed by atoms with E-state index in [2.05, 4.69) is 34.5 Å². The zero-order valence-corrected chi connectivity index (χ0v) is 13.5. The predicted octanol–water partition coefficient (Wildman–Crippen LogP) is 2.50. The zero-order valence-electron chi connectivity index (χ0n) is 13.5. The lowest BCUT2D eigenvalue weighted by atomic mass is 9.96. The molecule has 4 rings (SSSR count). The third kappa shape index (κ3) is 2.37. The maximum Gasteiger partial charge on any atom is 0.251 e. The molecule has 0 unspecified atom stereocenters. The van der Waals surface area contributed by atoms with Crippen LogP contribution in [0.1, 0.15) is 18.2 Å². The van der Waals surface area contributed by atoms with E-state index in [-0.39, 0.29) is 5.91 Å². The van der Waals surface area contributed by atoms with Gasteiger partial charge in [-0.2, -0.15) is 5.10 Å². The van der Waals surface area contributed by atoms with Crippen LogP contribution >= 0.6 is 0 Å². The van der Waals surface area contributed by atoms with Crippen LogP contribution in [-0.4, -0.2) is 38.8 Å². The van der Waals surface area contributed by atoms with Crippen molar-refractivity contribution in [2.45, 2.75) is 26.0 Å². The Balaban J connectivity index is 1.79. The average molecular weight is 321 g/mol. The van der Waals surface area contributed by atoms with Crippen molar-refractivity contribution in [3.05, 3.63) is 53.7 Å². The van der Waals surface area contributed by atoms with Gasteiger partial charge in [-0.25, -0.2) is 0 Å². The Kier molecular flexibility index (Phi) is 3.58. The third-order valence-electron chi connectivity index (χ3n) is 4.65. The highest BCUT2D eigenvalue weighted by Gasteiger charge is 2.27. The summed E-state index contributed by atoms with van der Waals surface area (Å²) in [5.41, 5.74) is 4.08. The van der Waals surface area contributed by atoms with Crippen molar-refractivity contribution in [3.63, 3.8) is 0 Å². The Bertz CT molecular complexity index is 909. The molecule has 0 radical (unpaired) electrons. The predicted molar refractivity (Wildman–Crippen MR) is 92.3 cm³/mol. The fraction of sp³-hybridized carbons (Fsp3) is 0.263. The van der Waals surface area contributed by atoms with Gasteiger partial charge in [-0.15, -0.1) is 0 Å². The first-order chi connectivity index (χ1) is 11.6. The molecular weight excluding hydrogens is 302 g/mol. The fourth-order valence-corrected chi connectivity index (χ4v) is 3.40. The van der Waals surface area contributed by atoms with Crippen molar-refractivity contribution in [3.8, 4) is 11.3 Å². The minimum absolute atomic E-state index is 0.231. The monoisotopic (exact) mass is 321 g/mol. The van der Waals surface area contributed by atoms with Gasteiger partial charge in [0.1, 0.15) is 6.10 Å². The lowest BCUT2D eigenvalue weighted by Gasteiger charge is -2.28. The molecule has 0 saturated heterocycles. The Hall–Kier alpha value is -2.66. The highest BCUT2D eigenvalue weighted by Crippen LogP contribution is 2.33. The molecule has 0 spiro atoms. The number of benzene rings is 2. The summed E-state index contributed by atoms with van der Waals surface area (Å²) in [7, 11) is 0. The molecule has 1 atom stereocenters. The van der Waals surface area contributed by atoms with E-state index >= 15 is 0 Å². The number of nitrogens with one attached hydrogen (secondary N) is 1. The molecule has 5 nitrogen and oxygen atoms in total. The van der Waals surface area contributed by atoms with Crippen LogP contribution in [0.3, 0.4) is 0 Å². The first kappa shape index (κ1) is 14.9. The molecule has 122 valence electrons. The fourth-order valence-electron chi connectivity index (χ4n) is 3.40. The number of aromatic nitrogens is 2. The summed E-state index contributed by atoms with van der Waals surface area (Å²) < 4.78 is 0. The van der Waals surface area contributed by atoms with Crippen molar-refractivity contribution >= 4 is 16.7 Å². The maximum absolute atomic E-state index is 12.1. The van der Waals surface area contributed by atoms with Crippen LogP contribution in [-0.2, 0) is 17.8 Å². The number of amides is 1. The van der Waals surface area contributed by atoms with Crippen molar-refractivity contribution in [1.29, 1.82) is 0 Å². The molecular formula is C19H19N3O2. The smallest absolute Gasteiger partial charge is 0.251 e. The molecule has 3 aromatic rings. The summed E-state index contributed by atoms with van der Waals surface area (Å²) in [6.45, 7) is 2.60. The Labute approximate surface area is 139 Å². The number of H-pyrrole nitrogens is 1. The molecule has 1 aromatic heterocycles. The SMILES string of the molecule is C[C@H](O)C(=O)N1CCc2[nH]nc(-c3cccc4ccccc34)c2C1. The number of hydrogen-bond donors (Lipinski definition) is 2. The standard InChI is InChI=1S/C19H19N3O2/c1-12(23)19(24)22-10-9-17-16(11-22)18(21-20-17)15-8-4-6-13-5-2-3-7-14(13)15/h2-8,12,23H,9-11H2,1H3,(H,20,21)/t12-/m0/s1. The summed E-state index contributed by atoms with van der Waals surface area (Å²) in [5.74, 6) is -0.231. The molecule has 1 aliphatic heterocycles. The summed E-state index contributed by atoms with van der Waals surface area (Å²) in [6.07, 6.45) is -0.245. The number of aliphatic hydroxyl groups is 1. The van der Waals surface area contributed by atoms with Gasteiger partial charge in [-0.1, -0.05) is 42.5 Å². The third-order valence-corrected chi connectivity index (χ3v) is 4.65. The van der Waals surface area contributed by atoms with E-state index in [0.717, 1.165) is 34.3 Å². The normalized spacial score (nSPS) is 15.3. The summed E-state index contributed by atoms with van der Waals surface area (Å²) in [4.78, 5) is 13.8. The van der Waals surface area contributed by atoms with E-state index in [4.69, 9.17) is 0 Å². The van der Waals surface area contributed by atoms with Crippen LogP contribution in [0.25, 0.3) is 22.0 Å². The highest BCUT2D eigenvalue weighted by atomic mass is 16.3. The largest absolute Gasteiger partial charge is 0.384 e. The average Bonchev–Trinajstić information content (AvgIpc) is 3.03. The topological polar surface area (TPSA) is 69.2 Å². The van der Waals surface area contributed by atoms with Gasteiger partial charge in [-0.05, 0) is 17.7 Å². The molecule has 24 heavy (non-hydrogen) atoms. The number of hydrogen-bond acceptors (Lipinski definition) is 3. The van der Waals surface area contributed by atoms with Crippen LogP contribution in [0.15, 0.2) is 42.5 Å². The number of aliphatic hydroxyl groups excluding tert-OH is 1. The molecule has 2 aromatic carbocycles. The minimum Gasteiger partial charge on any atom is -0.384 e. The van der Waals surface area contributed by atoms with Gasteiger partial charge in [0.05, 0.1) is 5.69 Å². The van der Waals surface area contributed by atoms with Crippen LogP contribution in [0.5, 0.6) is 0 Å². The van der Waals surface area contributed by atoms with Gasteiger partial charge < -0.3 is 10.0 Å². The van der Waals surface area contributed by atoms with Gasteiger partial charge >= 0.3 is 0 Å². The first-order valence-corrected chi connectivity index (χ1v) is 8.16. The summed E-state index contributed by atoms with van der Waals surface area (Å²) in [6, 6.07) is 14.4. The molecule has 2 heterocycles. The van der Waals surface area contributed by atoms with Crippen molar-refractivity contribution in [1.82, 2.24) is 15.1 Å². The van der Waals surface area contributed by atoms with Crippen molar-refractivity contribution in [2.75, 3.05) is 6.54 Å². The van der Waals surface area contributed by atoms with E-state index in [0.29, 0.717) is 13.1 Å². The second-order valence-electron chi connectivity index (χ2n) is 6.24. The molecule has 2 N–H and O–H groups in total. The first-order valence-electron chi connectivity index (χ1n) is 8.16. The second-order valence-corrected chi connectivity index (χ2v) is 6.24. The molecule has 0 saturated carbocycles. The Morgan fingerprint density at radius 2 is 2.04 bits per heavy atom. The lowest BCUT2D eigenvalue weighted by molar-refractivity contribution is -0.140. The van der Waals surface area contributed by atoms with Gasteiger partial charge in [-0.3, -0.25) is 9.89 Å². The molecule has 0 bridgehead atoms. The number of carbonyl (C=O) groups is 1. The van der Waals surface area contributed by atoms with Gasteiger partial charge in [0.15, 0.2) is 0 Å². The molecule has 0 fully saturated rings. The van der Waals surface area contributed by atoms with Gasteiger partial charge in [0.2, 0.25) is 0 Å². The van der Waals surface area contributed by atoms with Gasteiger partial charge in [0, 0.05) is 36.3 Å². The molecule has 5 heteroatoms. The van der Waals surface area contributed by atoms with E-state index in [1.807, 2.05) is 18.2 Å². The molecule has 1 amide bonds. The van der Waals surface area contributed by atoms with E-state index < -0.39 is 6.10 Å². The number of aromatic amines is 1. The number of carbonyl (C=O) groups excluding carboxylic acids is 1. The number of nitrogens with zero attached hydrogens (tertiary/aromatic N) is 2. The molecule has 1 aliphatic rings. The molecule has 0 aliphatic carbocycles. The Morgan fingerprint density at radius 3 is 2.88 bits per heavy atom. The van der Waals surface area contributed by atoms with Crippen LogP contribution in [0, 0.1) is 0 Å². The Morgan fingerprint density at radius 1 is 1.25 bits per heavy atom. The maximum atomic E-state index is 12.1. The van der Waals surface area contributed by atoms with Crippen molar-refractivity contribution < 1.29 is 9.90 Å². The summed E-state index contributed by atoms with van der Waals surface area (Å²) >= 11 is 0. The second kappa shape index (κ2) is 5.76. The van der Waals surface area contributed by atoms with Crippen molar-refractivity contribution in [2.24, 2.45) is 0 Å². The van der Waals surface area contributed by atoms with Crippen LogP contribution in [0.2, 0.25) is 0 Å². The van der Waals surface area contributed by atoms with Gasteiger partial charge in [0.25, 0.3) is 5.91 Å².